The summed E-state index contributed by atoms with van der Waals surface area (Å²) in [5, 5.41) is 15.4. The van der Waals surface area contributed by atoms with Gasteiger partial charge in [0.2, 0.25) is 11.8 Å². The molecule has 0 aliphatic carbocycles. The van der Waals surface area contributed by atoms with Crippen LogP contribution in [0.4, 0.5) is 0 Å². The average Bonchev–Trinajstić information content (AvgIpc) is 2.85. The monoisotopic (exact) mass is 473 g/mol. The molecule has 184 valence electrons. The number of amides is 2. The quantitative estimate of drug-likeness (QED) is 0.341. The van der Waals surface area contributed by atoms with Crippen molar-refractivity contribution in [2.45, 2.75) is 57.8 Å². The first-order chi connectivity index (χ1) is 16.7. The Morgan fingerprint density at radius 3 is 2.23 bits per heavy atom. The van der Waals surface area contributed by atoms with Gasteiger partial charge in [0, 0.05) is 18.5 Å². The molecule has 2 amide bonds. The third-order valence-electron chi connectivity index (χ3n) is 5.75. The fourth-order valence-corrected chi connectivity index (χ4v) is 3.94. The van der Waals surface area contributed by atoms with Crippen molar-refractivity contribution in [1.82, 2.24) is 10.6 Å². The van der Waals surface area contributed by atoms with Crippen molar-refractivity contribution in [1.29, 1.82) is 0 Å². The number of hydrogen-bond donors (Lipinski definition) is 4. The van der Waals surface area contributed by atoms with Crippen molar-refractivity contribution in [3.05, 3.63) is 95.6 Å². The van der Waals surface area contributed by atoms with Gasteiger partial charge in [-0.3, -0.25) is 9.59 Å². The Bertz CT molecular complexity index is 1110. The van der Waals surface area contributed by atoms with Gasteiger partial charge in [0.25, 0.3) is 0 Å². The summed E-state index contributed by atoms with van der Waals surface area (Å²) in [4.78, 5) is 25.5. The van der Waals surface area contributed by atoms with Crippen LogP contribution in [0.5, 0.6) is 0 Å². The summed E-state index contributed by atoms with van der Waals surface area (Å²) < 4.78 is 0. The maximum atomic E-state index is 13.0. The summed E-state index contributed by atoms with van der Waals surface area (Å²) in [6.45, 7) is 3.90. The second kappa shape index (κ2) is 12.3. The van der Waals surface area contributed by atoms with E-state index in [1.165, 1.54) is 0 Å². The van der Waals surface area contributed by atoms with Crippen LogP contribution in [0.3, 0.4) is 0 Å². The van der Waals surface area contributed by atoms with Crippen molar-refractivity contribution < 1.29 is 14.7 Å². The Kier molecular flexibility index (Phi) is 9.18. The van der Waals surface area contributed by atoms with Gasteiger partial charge in [0.05, 0.1) is 6.61 Å². The smallest absolute Gasteiger partial charge is 0.242 e. The molecule has 0 unspecified atom stereocenters. The SMILES string of the molecule is CC(C)(N)CC(=O)N[C@H](CCc1ccccc1)C(=O)NCc1ccc(-c2ccccc2CO)cc1. The summed E-state index contributed by atoms with van der Waals surface area (Å²) in [5.41, 5.74) is 10.2. The molecule has 0 heterocycles. The highest BCUT2D eigenvalue weighted by Crippen LogP contribution is 2.24. The van der Waals surface area contributed by atoms with Crippen LogP contribution < -0.4 is 16.4 Å². The predicted molar refractivity (Wildman–Crippen MR) is 139 cm³/mol. The van der Waals surface area contributed by atoms with Crippen LogP contribution in [0, 0.1) is 0 Å². The minimum absolute atomic E-state index is 0.0224. The number of carbonyl (C=O) groups excluding carboxylic acids is 2. The lowest BCUT2D eigenvalue weighted by Crippen LogP contribution is -2.49. The van der Waals surface area contributed by atoms with Crippen LogP contribution >= 0.6 is 0 Å². The number of aliphatic hydroxyl groups excluding tert-OH is 1. The number of nitrogens with one attached hydrogen (secondary N) is 2. The molecule has 0 bridgehead atoms. The van der Waals surface area contributed by atoms with Crippen molar-refractivity contribution in [3.8, 4) is 11.1 Å². The molecule has 0 saturated heterocycles. The molecule has 6 heteroatoms. The Balaban J connectivity index is 1.63. The Morgan fingerprint density at radius 1 is 0.914 bits per heavy atom. The number of rotatable bonds is 11. The fourth-order valence-electron chi connectivity index (χ4n) is 3.94. The van der Waals surface area contributed by atoms with E-state index in [1.54, 1.807) is 13.8 Å². The third kappa shape index (κ3) is 8.35. The molecule has 0 saturated carbocycles. The van der Waals surface area contributed by atoms with E-state index in [1.807, 2.05) is 78.9 Å². The number of hydrogen-bond acceptors (Lipinski definition) is 4. The largest absolute Gasteiger partial charge is 0.392 e. The lowest BCUT2D eigenvalue weighted by molar-refractivity contribution is -0.129. The molecular weight excluding hydrogens is 438 g/mol. The molecule has 3 aromatic carbocycles. The second-order valence-electron chi connectivity index (χ2n) is 9.54. The molecule has 0 aromatic heterocycles. The number of carbonyl (C=O) groups is 2. The Morgan fingerprint density at radius 2 is 1.57 bits per heavy atom. The number of nitrogens with two attached hydrogens (primary N) is 1. The van der Waals surface area contributed by atoms with E-state index >= 15 is 0 Å². The lowest BCUT2D eigenvalue weighted by atomic mass is 9.99. The van der Waals surface area contributed by atoms with Crippen molar-refractivity contribution in [2.24, 2.45) is 5.73 Å². The molecule has 0 fully saturated rings. The van der Waals surface area contributed by atoms with E-state index in [0.717, 1.165) is 27.8 Å². The number of benzene rings is 3. The third-order valence-corrected chi connectivity index (χ3v) is 5.75. The first-order valence-electron chi connectivity index (χ1n) is 11.9. The summed E-state index contributed by atoms with van der Waals surface area (Å²) >= 11 is 0. The lowest BCUT2D eigenvalue weighted by Gasteiger charge is -2.22. The molecule has 5 N–H and O–H groups in total. The normalized spacial score (nSPS) is 12.1. The van der Waals surface area contributed by atoms with Crippen molar-refractivity contribution >= 4 is 11.8 Å². The van der Waals surface area contributed by atoms with Crippen LogP contribution in [-0.2, 0) is 29.2 Å². The van der Waals surface area contributed by atoms with Gasteiger partial charge < -0.3 is 21.5 Å². The van der Waals surface area contributed by atoms with E-state index in [9.17, 15) is 14.7 Å². The van der Waals surface area contributed by atoms with Crippen LogP contribution in [0.2, 0.25) is 0 Å². The maximum absolute atomic E-state index is 13.0. The summed E-state index contributed by atoms with van der Waals surface area (Å²) in [7, 11) is 0. The molecule has 0 radical (unpaired) electrons. The topological polar surface area (TPSA) is 104 Å². The standard InChI is InChI=1S/C29H35N3O3/c1-29(2,30)18-27(34)32-26(17-14-21-8-4-3-5-9-21)28(35)31-19-22-12-15-23(16-13-22)25-11-7-6-10-24(25)20-33/h3-13,15-16,26,33H,14,17-20,30H2,1-2H3,(H,31,35)(H,32,34)/t26-/m1/s1. The minimum atomic E-state index is -0.652. The molecular formula is C29H35N3O3. The highest BCUT2D eigenvalue weighted by atomic mass is 16.3. The molecule has 3 aromatic rings. The molecule has 0 aliphatic heterocycles. The first kappa shape index (κ1) is 26.1. The van der Waals surface area contributed by atoms with Gasteiger partial charge in [-0.25, -0.2) is 0 Å². The molecule has 3 rings (SSSR count). The summed E-state index contributed by atoms with van der Waals surface area (Å²) in [5.74, 6) is -0.462. The van der Waals surface area contributed by atoms with Gasteiger partial charge in [0.15, 0.2) is 0 Å². The van der Waals surface area contributed by atoms with Crippen LogP contribution in [0.1, 0.15) is 43.4 Å². The van der Waals surface area contributed by atoms with E-state index in [0.29, 0.717) is 19.4 Å². The molecule has 0 spiro atoms. The molecule has 35 heavy (non-hydrogen) atoms. The maximum Gasteiger partial charge on any atom is 0.242 e. The average molecular weight is 474 g/mol. The van der Waals surface area contributed by atoms with E-state index < -0.39 is 11.6 Å². The minimum Gasteiger partial charge on any atom is -0.392 e. The van der Waals surface area contributed by atoms with Crippen LogP contribution in [0.25, 0.3) is 11.1 Å². The van der Waals surface area contributed by atoms with Crippen molar-refractivity contribution in [3.63, 3.8) is 0 Å². The van der Waals surface area contributed by atoms with E-state index in [4.69, 9.17) is 5.73 Å². The number of aliphatic hydroxyl groups is 1. The van der Waals surface area contributed by atoms with Gasteiger partial charge in [-0.2, -0.15) is 0 Å². The van der Waals surface area contributed by atoms with E-state index in [-0.39, 0.29) is 24.8 Å². The number of aryl methyl sites for hydroxylation is 1. The second-order valence-corrected chi connectivity index (χ2v) is 9.54. The Labute approximate surface area is 207 Å². The van der Waals surface area contributed by atoms with Gasteiger partial charge in [-0.1, -0.05) is 78.9 Å². The summed E-state index contributed by atoms with van der Waals surface area (Å²) in [6.07, 6.45) is 1.30. The highest BCUT2D eigenvalue weighted by molar-refractivity contribution is 5.88. The van der Waals surface area contributed by atoms with Crippen molar-refractivity contribution in [2.75, 3.05) is 0 Å². The van der Waals surface area contributed by atoms with Gasteiger partial charge in [0.1, 0.15) is 6.04 Å². The van der Waals surface area contributed by atoms with Crippen LogP contribution in [-0.4, -0.2) is 28.5 Å². The highest BCUT2D eigenvalue weighted by Gasteiger charge is 2.23. The zero-order valence-electron chi connectivity index (χ0n) is 20.5. The van der Waals surface area contributed by atoms with Gasteiger partial charge >= 0.3 is 0 Å². The molecule has 0 aliphatic rings. The molecule has 6 nitrogen and oxygen atoms in total. The van der Waals surface area contributed by atoms with E-state index in [2.05, 4.69) is 10.6 Å². The fraction of sp³-hybridized carbons (Fsp3) is 0.310. The van der Waals surface area contributed by atoms with Gasteiger partial charge in [-0.05, 0) is 54.5 Å². The molecule has 1 atom stereocenters. The Hall–Kier alpha value is -3.48. The predicted octanol–water partition coefficient (Wildman–Crippen LogP) is 3.71. The zero-order chi connectivity index (χ0) is 25.3. The van der Waals surface area contributed by atoms with Gasteiger partial charge in [-0.15, -0.1) is 0 Å². The zero-order valence-corrected chi connectivity index (χ0v) is 20.5. The summed E-state index contributed by atoms with van der Waals surface area (Å²) in [6, 6.07) is 24.8. The van der Waals surface area contributed by atoms with Crippen LogP contribution in [0.15, 0.2) is 78.9 Å². The first-order valence-corrected chi connectivity index (χ1v) is 11.9.